The minimum atomic E-state index is 0.437. The molecule has 3 aromatic carbocycles. The quantitative estimate of drug-likeness (QED) is 0.559. The second kappa shape index (κ2) is 7.65. The summed E-state index contributed by atoms with van der Waals surface area (Å²) >= 11 is 0. The lowest BCUT2D eigenvalue weighted by atomic mass is 9.86. The van der Waals surface area contributed by atoms with Crippen LogP contribution in [-0.2, 0) is 6.42 Å². The summed E-state index contributed by atoms with van der Waals surface area (Å²) in [6.07, 6.45) is 1.00. The van der Waals surface area contributed by atoms with E-state index in [1.54, 1.807) is 0 Å². The lowest BCUT2D eigenvalue weighted by Crippen LogP contribution is -2.01. The van der Waals surface area contributed by atoms with E-state index < -0.39 is 0 Å². The Balaban J connectivity index is 1.94. The Morgan fingerprint density at radius 2 is 1.31 bits per heavy atom. The van der Waals surface area contributed by atoms with Gasteiger partial charge in [0.05, 0.1) is 0 Å². The van der Waals surface area contributed by atoms with Crippen molar-refractivity contribution in [3.05, 3.63) is 83.4 Å². The van der Waals surface area contributed by atoms with Crippen LogP contribution in [0.15, 0.2) is 66.7 Å². The number of anilines is 2. The Kier molecular flexibility index (Phi) is 5.32. The van der Waals surface area contributed by atoms with Gasteiger partial charge in [-0.2, -0.15) is 0 Å². The third kappa shape index (κ3) is 4.08. The maximum absolute atomic E-state index is 5.87. The van der Waals surface area contributed by atoms with Crippen LogP contribution in [0.1, 0.15) is 49.3 Å². The van der Waals surface area contributed by atoms with E-state index in [4.69, 9.17) is 11.5 Å². The fraction of sp³-hybridized carbons (Fsp3) is 0.250. The van der Waals surface area contributed by atoms with Crippen molar-refractivity contribution >= 4 is 11.4 Å². The molecule has 0 aliphatic carbocycles. The smallest absolute Gasteiger partial charge is 0.0314 e. The Labute approximate surface area is 156 Å². The number of hydrogen-bond donors (Lipinski definition) is 2. The van der Waals surface area contributed by atoms with E-state index in [1.807, 2.05) is 24.3 Å². The van der Waals surface area contributed by atoms with E-state index in [1.165, 1.54) is 27.8 Å². The third-order valence-electron chi connectivity index (χ3n) is 5.01. The zero-order chi connectivity index (χ0) is 18.7. The summed E-state index contributed by atoms with van der Waals surface area (Å²) in [6.45, 7) is 6.77. The van der Waals surface area contributed by atoms with Crippen LogP contribution in [0.4, 0.5) is 11.4 Å². The second-order valence-corrected chi connectivity index (χ2v) is 7.47. The van der Waals surface area contributed by atoms with Crippen molar-refractivity contribution in [1.82, 2.24) is 0 Å². The molecular formula is C24H28N2. The molecule has 4 N–H and O–H groups in total. The molecule has 0 spiro atoms. The number of nitrogens with two attached hydrogens (primary N) is 2. The third-order valence-corrected chi connectivity index (χ3v) is 5.01. The molecule has 0 aliphatic rings. The minimum absolute atomic E-state index is 0.437. The molecule has 2 heteroatoms. The average molecular weight is 345 g/mol. The first kappa shape index (κ1) is 18.1. The monoisotopic (exact) mass is 344 g/mol. The normalized spacial score (nSPS) is 12.3. The molecule has 0 bridgehead atoms. The van der Waals surface area contributed by atoms with Gasteiger partial charge in [-0.05, 0) is 70.3 Å². The van der Waals surface area contributed by atoms with Crippen molar-refractivity contribution in [1.29, 1.82) is 0 Å². The van der Waals surface area contributed by atoms with E-state index in [0.29, 0.717) is 11.8 Å². The zero-order valence-electron chi connectivity index (χ0n) is 15.9. The van der Waals surface area contributed by atoms with E-state index in [0.717, 1.165) is 17.8 Å². The Morgan fingerprint density at radius 3 is 1.88 bits per heavy atom. The summed E-state index contributed by atoms with van der Waals surface area (Å²) < 4.78 is 0. The van der Waals surface area contributed by atoms with E-state index >= 15 is 0 Å². The molecule has 0 aromatic heterocycles. The molecule has 1 unspecified atom stereocenters. The second-order valence-electron chi connectivity index (χ2n) is 7.47. The zero-order valence-corrected chi connectivity index (χ0v) is 15.9. The molecule has 0 fully saturated rings. The predicted molar refractivity (Wildman–Crippen MR) is 113 cm³/mol. The summed E-state index contributed by atoms with van der Waals surface area (Å²) in [5, 5.41) is 0. The average Bonchev–Trinajstić information content (AvgIpc) is 2.63. The molecule has 0 heterocycles. The fourth-order valence-corrected chi connectivity index (χ4v) is 3.42. The molecule has 0 aliphatic heterocycles. The lowest BCUT2D eigenvalue weighted by Gasteiger charge is -2.18. The molecule has 2 nitrogen and oxygen atoms in total. The molecule has 0 saturated heterocycles. The van der Waals surface area contributed by atoms with Gasteiger partial charge in [0.25, 0.3) is 0 Å². The van der Waals surface area contributed by atoms with Gasteiger partial charge in [-0.25, -0.2) is 0 Å². The fourth-order valence-electron chi connectivity index (χ4n) is 3.42. The van der Waals surface area contributed by atoms with Crippen molar-refractivity contribution in [3.8, 4) is 11.1 Å². The van der Waals surface area contributed by atoms with E-state index in [9.17, 15) is 0 Å². The van der Waals surface area contributed by atoms with Gasteiger partial charge in [0, 0.05) is 11.4 Å². The van der Waals surface area contributed by atoms with Crippen LogP contribution in [0.5, 0.6) is 0 Å². The molecule has 26 heavy (non-hydrogen) atoms. The SMILES string of the molecule is CC(C)c1ccc(C(C)Cc2ccc(N)cc2)cc1-c1ccc(N)cc1. The highest BCUT2D eigenvalue weighted by atomic mass is 14.5. The number of benzene rings is 3. The van der Waals surface area contributed by atoms with Gasteiger partial charge in [-0.3, -0.25) is 0 Å². The van der Waals surface area contributed by atoms with Gasteiger partial charge >= 0.3 is 0 Å². The van der Waals surface area contributed by atoms with Crippen molar-refractivity contribution in [2.75, 3.05) is 11.5 Å². The highest BCUT2D eigenvalue weighted by Gasteiger charge is 2.13. The summed E-state index contributed by atoms with van der Waals surface area (Å²) in [5.41, 5.74) is 19.9. The largest absolute Gasteiger partial charge is 0.399 e. The highest BCUT2D eigenvalue weighted by Crippen LogP contribution is 2.33. The van der Waals surface area contributed by atoms with Crippen LogP contribution >= 0.6 is 0 Å². The first-order valence-electron chi connectivity index (χ1n) is 9.28. The lowest BCUT2D eigenvalue weighted by molar-refractivity contribution is 0.757. The number of hydrogen-bond acceptors (Lipinski definition) is 2. The first-order valence-corrected chi connectivity index (χ1v) is 9.28. The standard InChI is InChI=1S/C24H28N2/c1-16(2)23-13-8-20(15-24(23)19-6-11-22(26)12-7-19)17(3)14-18-4-9-21(25)10-5-18/h4-13,15-17H,14,25-26H2,1-3H3. The van der Waals surface area contributed by atoms with Gasteiger partial charge in [-0.15, -0.1) is 0 Å². The molecular weight excluding hydrogens is 316 g/mol. The molecule has 3 rings (SSSR count). The number of rotatable bonds is 5. The van der Waals surface area contributed by atoms with Crippen LogP contribution in [0, 0.1) is 0 Å². The molecule has 0 radical (unpaired) electrons. The summed E-state index contributed by atoms with van der Waals surface area (Å²) in [4.78, 5) is 0. The van der Waals surface area contributed by atoms with Crippen molar-refractivity contribution in [2.24, 2.45) is 0 Å². The van der Waals surface area contributed by atoms with Crippen LogP contribution in [0.25, 0.3) is 11.1 Å². The van der Waals surface area contributed by atoms with Gasteiger partial charge < -0.3 is 11.5 Å². The molecule has 0 saturated carbocycles. The van der Waals surface area contributed by atoms with Crippen LogP contribution in [-0.4, -0.2) is 0 Å². The summed E-state index contributed by atoms with van der Waals surface area (Å²) in [7, 11) is 0. The van der Waals surface area contributed by atoms with Gasteiger partial charge in [0.1, 0.15) is 0 Å². The Bertz CT molecular complexity index is 862. The summed E-state index contributed by atoms with van der Waals surface area (Å²) in [5.74, 6) is 0.913. The van der Waals surface area contributed by atoms with Crippen LogP contribution in [0.3, 0.4) is 0 Å². The first-order chi connectivity index (χ1) is 12.4. The molecule has 1 atom stereocenters. The van der Waals surface area contributed by atoms with Gasteiger partial charge in [-0.1, -0.05) is 63.2 Å². The van der Waals surface area contributed by atoms with Crippen molar-refractivity contribution in [3.63, 3.8) is 0 Å². The highest BCUT2D eigenvalue weighted by molar-refractivity contribution is 5.70. The van der Waals surface area contributed by atoms with Crippen molar-refractivity contribution in [2.45, 2.75) is 39.0 Å². The van der Waals surface area contributed by atoms with Crippen LogP contribution in [0.2, 0.25) is 0 Å². The van der Waals surface area contributed by atoms with Crippen molar-refractivity contribution < 1.29 is 0 Å². The number of nitrogen functional groups attached to an aromatic ring is 2. The minimum Gasteiger partial charge on any atom is -0.399 e. The molecule has 3 aromatic rings. The van der Waals surface area contributed by atoms with E-state index in [2.05, 4.69) is 63.2 Å². The maximum Gasteiger partial charge on any atom is 0.0314 e. The topological polar surface area (TPSA) is 52.0 Å². The Hall–Kier alpha value is -2.74. The van der Waals surface area contributed by atoms with Gasteiger partial charge in [0.15, 0.2) is 0 Å². The summed E-state index contributed by atoms with van der Waals surface area (Å²) in [6, 6.07) is 23.3. The van der Waals surface area contributed by atoms with E-state index in [-0.39, 0.29) is 0 Å². The molecule has 134 valence electrons. The van der Waals surface area contributed by atoms with Gasteiger partial charge in [0.2, 0.25) is 0 Å². The maximum atomic E-state index is 5.87. The predicted octanol–water partition coefficient (Wildman–Crippen LogP) is 5.99. The van der Waals surface area contributed by atoms with Crippen LogP contribution < -0.4 is 11.5 Å². The molecule has 0 amide bonds. The Morgan fingerprint density at radius 1 is 0.731 bits per heavy atom.